The number of likely N-dealkylation sites (tertiary alicyclic amines) is 1. The van der Waals surface area contributed by atoms with Gasteiger partial charge in [0.1, 0.15) is 0 Å². The number of nitrogens with two attached hydrogens (primary N) is 1. The van der Waals surface area contributed by atoms with E-state index in [1.54, 1.807) is 29.2 Å². The van der Waals surface area contributed by atoms with E-state index < -0.39 is 0 Å². The number of benzene rings is 2. The third-order valence-electron chi connectivity index (χ3n) is 5.05. The number of amides is 3. The number of thiazole rings is 1. The summed E-state index contributed by atoms with van der Waals surface area (Å²) in [4.78, 5) is 33.1. The van der Waals surface area contributed by atoms with Crippen LogP contribution in [0.4, 0.5) is 21.3 Å². The maximum atomic E-state index is 13.1. The first-order valence-corrected chi connectivity index (χ1v) is 11.0. The standard InChI is InChI=1S/C21H22ClN5O2S/c22-14-4-6-15(7-5-14)24-21(29)27(12-11-26-10-2-1-3-19(26)28)16-8-9-18-17(13-16)25-20(23)30-18/h4-9,13H,1-3,10-12H2,(H2,23,25)(H,24,29). The highest BCUT2D eigenvalue weighted by Gasteiger charge is 2.22. The predicted octanol–water partition coefficient (Wildman–Crippen LogP) is 4.58. The van der Waals surface area contributed by atoms with Crippen molar-refractivity contribution in [2.45, 2.75) is 19.3 Å². The van der Waals surface area contributed by atoms with E-state index >= 15 is 0 Å². The summed E-state index contributed by atoms with van der Waals surface area (Å²) in [6, 6.07) is 12.3. The summed E-state index contributed by atoms with van der Waals surface area (Å²) in [5, 5.41) is 3.98. The molecule has 1 aliphatic rings. The van der Waals surface area contributed by atoms with Crippen molar-refractivity contribution in [2.24, 2.45) is 0 Å². The minimum Gasteiger partial charge on any atom is -0.375 e. The maximum Gasteiger partial charge on any atom is 0.326 e. The first-order chi connectivity index (χ1) is 14.5. The number of nitrogens with one attached hydrogen (secondary N) is 1. The van der Waals surface area contributed by atoms with Crippen LogP contribution in [0.3, 0.4) is 0 Å². The molecule has 1 aromatic heterocycles. The van der Waals surface area contributed by atoms with E-state index in [2.05, 4.69) is 10.3 Å². The van der Waals surface area contributed by atoms with Crippen LogP contribution < -0.4 is 16.0 Å². The Morgan fingerprint density at radius 2 is 2.03 bits per heavy atom. The number of urea groups is 1. The lowest BCUT2D eigenvalue weighted by molar-refractivity contribution is -0.133. The fourth-order valence-electron chi connectivity index (χ4n) is 3.49. The van der Waals surface area contributed by atoms with Gasteiger partial charge >= 0.3 is 6.03 Å². The lowest BCUT2D eigenvalue weighted by atomic mass is 10.1. The molecule has 2 aromatic carbocycles. The summed E-state index contributed by atoms with van der Waals surface area (Å²) in [6.07, 6.45) is 2.49. The van der Waals surface area contributed by atoms with Gasteiger partial charge in [-0.1, -0.05) is 22.9 Å². The van der Waals surface area contributed by atoms with Crippen LogP contribution in [0.2, 0.25) is 5.02 Å². The SMILES string of the molecule is Nc1nc2cc(N(CCN3CCCCC3=O)C(=O)Nc3ccc(Cl)cc3)ccc2s1. The number of fused-ring (bicyclic) bond motifs is 1. The molecule has 0 radical (unpaired) electrons. The largest absolute Gasteiger partial charge is 0.375 e. The van der Waals surface area contributed by atoms with Crippen molar-refractivity contribution in [1.82, 2.24) is 9.88 Å². The molecular formula is C21H22ClN5O2S. The second-order valence-corrected chi connectivity index (χ2v) is 8.63. The molecule has 0 saturated carbocycles. The summed E-state index contributed by atoms with van der Waals surface area (Å²) >= 11 is 7.34. The molecule has 3 N–H and O–H groups in total. The van der Waals surface area contributed by atoms with Gasteiger partial charge in [0.05, 0.1) is 10.2 Å². The van der Waals surface area contributed by atoms with E-state index in [9.17, 15) is 9.59 Å². The second-order valence-electron chi connectivity index (χ2n) is 7.13. The number of nitrogen functional groups attached to an aromatic ring is 1. The molecule has 7 nitrogen and oxygen atoms in total. The number of piperidine rings is 1. The smallest absolute Gasteiger partial charge is 0.326 e. The number of carbonyl (C=O) groups is 2. The molecule has 3 aromatic rings. The van der Waals surface area contributed by atoms with Gasteiger partial charge in [-0.25, -0.2) is 9.78 Å². The minimum atomic E-state index is -0.288. The topological polar surface area (TPSA) is 91.6 Å². The lowest BCUT2D eigenvalue weighted by Crippen LogP contribution is -2.44. The van der Waals surface area contributed by atoms with Gasteiger partial charge in [0, 0.05) is 42.5 Å². The molecule has 156 valence electrons. The van der Waals surface area contributed by atoms with Gasteiger partial charge in [0.15, 0.2) is 5.13 Å². The molecule has 4 rings (SSSR count). The summed E-state index contributed by atoms with van der Waals surface area (Å²) in [6.45, 7) is 1.58. The van der Waals surface area contributed by atoms with E-state index in [4.69, 9.17) is 17.3 Å². The maximum absolute atomic E-state index is 13.1. The summed E-state index contributed by atoms with van der Waals surface area (Å²) in [5.74, 6) is 0.141. The molecule has 0 aliphatic carbocycles. The molecule has 30 heavy (non-hydrogen) atoms. The zero-order valence-corrected chi connectivity index (χ0v) is 17.9. The zero-order valence-electron chi connectivity index (χ0n) is 16.3. The van der Waals surface area contributed by atoms with E-state index in [-0.39, 0.29) is 11.9 Å². The summed E-state index contributed by atoms with van der Waals surface area (Å²) < 4.78 is 0.959. The van der Waals surface area contributed by atoms with Crippen LogP contribution in [0.1, 0.15) is 19.3 Å². The van der Waals surface area contributed by atoms with Crippen molar-refractivity contribution in [3.05, 3.63) is 47.5 Å². The predicted molar refractivity (Wildman–Crippen MR) is 122 cm³/mol. The van der Waals surface area contributed by atoms with Gasteiger partial charge in [-0.05, 0) is 55.3 Å². The Kier molecular flexibility index (Phi) is 6.06. The molecule has 1 aliphatic heterocycles. The molecular weight excluding hydrogens is 422 g/mol. The average molecular weight is 444 g/mol. The molecule has 1 saturated heterocycles. The third-order valence-corrected chi connectivity index (χ3v) is 6.17. The Morgan fingerprint density at radius 3 is 2.80 bits per heavy atom. The molecule has 1 fully saturated rings. The Hall–Kier alpha value is -2.84. The van der Waals surface area contributed by atoms with Crippen LogP contribution >= 0.6 is 22.9 Å². The van der Waals surface area contributed by atoms with E-state index in [0.717, 1.165) is 29.6 Å². The highest BCUT2D eigenvalue weighted by atomic mass is 35.5. The number of nitrogens with zero attached hydrogens (tertiary/aromatic N) is 3. The Morgan fingerprint density at radius 1 is 1.23 bits per heavy atom. The minimum absolute atomic E-state index is 0.141. The van der Waals surface area contributed by atoms with Gasteiger partial charge in [-0.2, -0.15) is 0 Å². The second kappa shape index (κ2) is 8.89. The number of hydrogen-bond acceptors (Lipinski definition) is 5. The van der Waals surface area contributed by atoms with Crippen molar-refractivity contribution in [2.75, 3.05) is 35.6 Å². The van der Waals surface area contributed by atoms with E-state index in [1.807, 2.05) is 23.1 Å². The van der Waals surface area contributed by atoms with Crippen LogP contribution in [0.25, 0.3) is 10.2 Å². The van der Waals surface area contributed by atoms with Gasteiger partial charge in [0.2, 0.25) is 5.91 Å². The van der Waals surface area contributed by atoms with Crippen molar-refractivity contribution in [3.8, 4) is 0 Å². The molecule has 0 spiro atoms. The Bertz CT molecular complexity index is 1070. The van der Waals surface area contributed by atoms with Gasteiger partial charge in [0.25, 0.3) is 0 Å². The normalized spacial score (nSPS) is 14.2. The first-order valence-electron chi connectivity index (χ1n) is 9.77. The van der Waals surface area contributed by atoms with Crippen molar-refractivity contribution in [1.29, 1.82) is 0 Å². The third kappa shape index (κ3) is 4.66. The van der Waals surface area contributed by atoms with Crippen molar-refractivity contribution < 1.29 is 9.59 Å². The van der Waals surface area contributed by atoms with E-state index in [0.29, 0.717) is 41.0 Å². The number of aromatic nitrogens is 1. The fourth-order valence-corrected chi connectivity index (χ4v) is 4.33. The Labute approximate surface area is 183 Å². The highest BCUT2D eigenvalue weighted by molar-refractivity contribution is 7.22. The lowest BCUT2D eigenvalue weighted by Gasteiger charge is -2.30. The number of rotatable bonds is 5. The fraction of sp³-hybridized carbons (Fsp3) is 0.286. The quantitative estimate of drug-likeness (QED) is 0.603. The Balaban J connectivity index is 1.57. The molecule has 9 heteroatoms. The van der Waals surface area contributed by atoms with Gasteiger partial charge in [-0.15, -0.1) is 0 Å². The van der Waals surface area contributed by atoms with Gasteiger partial charge < -0.3 is 16.0 Å². The van der Waals surface area contributed by atoms with Gasteiger partial charge in [-0.3, -0.25) is 9.69 Å². The average Bonchev–Trinajstić information content (AvgIpc) is 3.10. The van der Waals surface area contributed by atoms with Crippen molar-refractivity contribution in [3.63, 3.8) is 0 Å². The molecule has 0 atom stereocenters. The van der Waals surface area contributed by atoms with Crippen LogP contribution in [-0.2, 0) is 4.79 Å². The molecule has 0 unspecified atom stereocenters. The number of hydrogen-bond donors (Lipinski definition) is 2. The first kappa shape index (κ1) is 20.4. The zero-order chi connectivity index (χ0) is 21.1. The van der Waals surface area contributed by atoms with Crippen LogP contribution in [0, 0.1) is 0 Å². The molecule has 2 heterocycles. The van der Waals surface area contributed by atoms with E-state index in [1.165, 1.54) is 11.3 Å². The van der Waals surface area contributed by atoms with Crippen LogP contribution in [-0.4, -0.2) is 41.5 Å². The monoisotopic (exact) mass is 443 g/mol. The molecule has 0 bridgehead atoms. The summed E-state index contributed by atoms with van der Waals surface area (Å²) in [5.41, 5.74) is 7.90. The van der Waals surface area contributed by atoms with Crippen molar-refractivity contribution >= 4 is 61.6 Å². The van der Waals surface area contributed by atoms with Crippen LogP contribution in [0.5, 0.6) is 0 Å². The van der Waals surface area contributed by atoms with Crippen LogP contribution in [0.15, 0.2) is 42.5 Å². The number of carbonyl (C=O) groups excluding carboxylic acids is 2. The summed E-state index contributed by atoms with van der Waals surface area (Å²) in [7, 11) is 0. The number of anilines is 3. The highest BCUT2D eigenvalue weighted by Crippen LogP contribution is 2.28. The number of halogens is 1. The molecule has 3 amide bonds.